The minimum atomic E-state index is -0.848. The van der Waals surface area contributed by atoms with Gasteiger partial charge in [-0.1, -0.05) is 13.0 Å². The fourth-order valence-corrected chi connectivity index (χ4v) is 2.16. The van der Waals surface area contributed by atoms with E-state index in [4.69, 9.17) is 5.11 Å². The second-order valence-electron chi connectivity index (χ2n) is 4.92. The second kappa shape index (κ2) is 5.40. The minimum Gasteiger partial charge on any atom is -0.480 e. The molecule has 0 saturated heterocycles. The highest BCUT2D eigenvalue weighted by Crippen LogP contribution is 2.19. The third kappa shape index (κ3) is 2.93. The average molecular weight is 261 g/mol. The summed E-state index contributed by atoms with van der Waals surface area (Å²) >= 11 is 0. The molecule has 1 heterocycles. The summed E-state index contributed by atoms with van der Waals surface area (Å²) in [6.07, 6.45) is 0.949. The first kappa shape index (κ1) is 13.5. The molecule has 0 aliphatic rings. The Labute approximate surface area is 112 Å². The summed E-state index contributed by atoms with van der Waals surface area (Å²) in [5.41, 5.74) is 2.97. The van der Waals surface area contributed by atoms with Gasteiger partial charge in [-0.25, -0.2) is 4.98 Å². The Balaban J connectivity index is 2.54. The molecule has 5 heteroatoms. The lowest BCUT2D eigenvalue weighted by molar-refractivity contribution is -0.137. The number of aromatic nitrogens is 2. The molecule has 1 N–H and O–H groups in total. The van der Waals surface area contributed by atoms with Crippen LogP contribution in [0.1, 0.15) is 18.3 Å². The first-order valence-electron chi connectivity index (χ1n) is 6.35. The summed E-state index contributed by atoms with van der Waals surface area (Å²) in [4.78, 5) is 17.6. The largest absolute Gasteiger partial charge is 0.480 e. The van der Waals surface area contributed by atoms with Gasteiger partial charge in [-0.3, -0.25) is 4.79 Å². The van der Waals surface area contributed by atoms with Crippen LogP contribution in [0.15, 0.2) is 18.2 Å². The predicted molar refractivity (Wildman–Crippen MR) is 74.1 cm³/mol. The number of nitrogens with zero attached hydrogens (tertiary/aromatic N) is 3. The molecule has 2 rings (SSSR count). The molecule has 19 heavy (non-hydrogen) atoms. The van der Waals surface area contributed by atoms with Gasteiger partial charge in [0.2, 0.25) is 0 Å². The van der Waals surface area contributed by atoms with Crippen molar-refractivity contribution in [1.29, 1.82) is 0 Å². The number of imidazole rings is 1. The third-order valence-corrected chi connectivity index (χ3v) is 3.05. The van der Waals surface area contributed by atoms with E-state index in [1.54, 1.807) is 4.57 Å². The van der Waals surface area contributed by atoms with Gasteiger partial charge in [-0.2, -0.15) is 0 Å². The highest BCUT2D eigenvalue weighted by Gasteiger charge is 2.13. The van der Waals surface area contributed by atoms with E-state index in [1.165, 1.54) is 5.56 Å². The number of rotatable bonds is 5. The van der Waals surface area contributed by atoms with Crippen LogP contribution in [0.25, 0.3) is 11.0 Å². The molecule has 0 saturated carbocycles. The van der Waals surface area contributed by atoms with E-state index in [2.05, 4.69) is 11.9 Å². The van der Waals surface area contributed by atoms with Crippen LogP contribution < -0.4 is 0 Å². The van der Waals surface area contributed by atoms with Crippen LogP contribution >= 0.6 is 0 Å². The van der Waals surface area contributed by atoms with Crippen LogP contribution in [0.5, 0.6) is 0 Å². The SMILES string of the molecule is CCc1ccc2c(c1)nc(CN(C)C)n2CC(=O)O. The van der Waals surface area contributed by atoms with E-state index >= 15 is 0 Å². The normalized spacial score (nSPS) is 11.4. The van der Waals surface area contributed by atoms with Crippen molar-refractivity contribution in [3.8, 4) is 0 Å². The number of carbonyl (C=O) groups is 1. The van der Waals surface area contributed by atoms with E-state index in [1.807, 2.05) is 37.2 Å². The van der Waals surface area contributed by atoms with E-state index in [0.29, 0.717) is 6.54 Å². The van der Waals surface area contributed by atoms with Crippen LogP contribution in [-0.4, -0.2) is 39.6 Å². The number of hydrogen-bond donors (Lipinski definition) is 1. The lowest BCUT2D eigenvalue weighted by atomic mass is 10.1. The maximum absolute atomic E-state index is 11.0. The quantitative estimate of drug-likeness (QED) is 0.890. The van der Waals surface area contributed by atoms with Crippen molar-refractivity contribution in [3.63, 3.8) is 0 Å². The van der Waals surface area contributed by atoms with E-state index in [-0.39, 0.29) is 6.54 Å². The molecule has 0 amide bonds. The number of aliphatic carboxylic acids is 1. The van der Waals surface area contributed by atoms with E-state index < -0.39 is 5.97 Å². The van der Waals surface area contributed by atoms with Crippen LogP contribution in [0.3, 0.4) is 0 Å². The van der Waals surface area contributed by atoms with Crippen LogP contribution in [-0.2, 0) is 24.3 Å². The Kier molecular flexibility index (Phi) is 3.85. The van der Waals surface area contributed by atoms with Gasteiger partial charge in [0.15, 0.2) is 0 Å². The molecule has 0 spiro atoms. The molecule has 0 aliphatic carbocycles. The molecule has 0 bridgehead atoms. The molecule has 0 radical (unpaired) electrons. The van der Waals surface area contributed by atoms with Gasteiger partial charge >= 0.3 is 5.97 Å². The molecule has 0 atom stereocenters. The summed E-state index contributed by atoms with van der Waals surface area (Å²) in [5, 5.41) is 9.04. The van der Waals surface area contributed by atoms with Gasteiger partial charge in [0.05, 0.1) is 17.6 Å². The Hall–Kier alpha value is -1.88. The van der Waals surface area contributed by atoms with Crippen molar-refractivity contribution in [1.82, 2.24) is 14.5 Å². The van der Waals surface area contributed by atoms with E-state index in [9.17, 15) is 4.79 Å². The smallest absolute Gasteiger partial charge is 0.323 e. The van der Waals surface area contributed by atoms with Gasteiger partial charge < -0.3 is 14.6 Å². The van der Waals surface area contributed by atoms with Crippen molar-refractivity contribution in [2.45, 2.75) is 26.4 Å². The topological polar surface area (TPSA) is 58.4 Å². The van der Waals surface area contributed by atoms with Crippen molar-refractivity contribution < 1.29 is 9.90 Å². The summed E-state index contributed by atoms with van der Waals surface area (Å²) in [6.45, 7) is 2.67. The van der Waals surface area contributed by atoms with Gasteiger partial charge in [-0.05, 0) is 38.2 Å². The Morgan fingerprint density at radius 3 is 2.74 bits per heavy atom. The fraction of sp³-hybridized carbons (Fsp3) is 0.429. The zero-order chi connectivity index (χ0) is 14.0. The summed E-state index contributed by atoms with van der Waals surface area (Å²) in [5.74, 6) is -0.0606. The molecular weight excluding hydrogens is 242 g/mol. The average Bonchev–Trinajstić information content (AvgIpc) is 2.65. The molecule has 2 aromatic rings. The molecule has 1 aromatic heterocycles. The fourth-order valence-electron chi connectivity index (χ4n) is 2.16. The zero-order valence-corrected chi connectivity index (χ0v) is 11.6. The number of benzene rings is 1. The molecule has 0 aliphatic heterocycles. The Bertz CT molecular complexity index is 602. The molecule has 102 valence electrons. The molecule has 5 nitrogen and oxygen atoms in total. The van der Waals surface area contributed by atoms with E-state index in [0.717, 1.165) is 23.3 Å². The zero-order valence-electron chi connectivity index (χ0n) is 11.6. The highest BCUT2D eigenvalue weighted by atomic mass is 16.4. The van der Waals surface area contributed by atoms with Gasteiger partial charge in [-0.15, -0.1) is 0 Å². The standard InChI is InChI=1S/C14H19N3O2/c1-4-10-5-6-12-11(7-10)15-13(8-16(2)3)17(12)9-14(18)19/h5-7H,4,8-9H2,1-3H3,(H,18,19). The number of carboxylic acid groups (broad SMARTS) is 1. The van der Waals surface area contributed by atoms with Crippen LogP contribution in [0.4, 0.5) is 0 Å². The maximum Gasteiger partial charge on any atom is 0.323 e. The van der Waals surface area contributed by atoms with Crippen molar-refractivity contribution in [2.75, 3.05) is 14.1 Å². The summed E-state index contributed by atoms with van der Waals surface area (Å²) in [6, 6.07) is 6.03. The maximum atomic E-state index is 11.0. The van der Waals surface area contributed by atoms with Gasteiger partial charge in [0.25, 0.3) is 0 Å². The predicted octanol–water partition coefficient (Wildman–Crippen LogP) is 1.74. The van der Waals surface area contributed by atoms with Crippen LogP contribution in [0, 0.1) is 0 Å². The second-order valence-corrected chi connectivity index (χ2v) is 4.92. The van der Waals surface area contributed by atoms with Crippen LogP contribution in [0.2, 0.25) is 0 Å². The number of fused-ring (bicyclic) bond motifs is 1. The lowest BCUT2D eigenvalue weighted by Gasteiger charge is -2.11. The third-order valence-electron chi connectivity index (χ3n) is 3.05. The molecule has 0 fully saturated rings. The summed E-state index contributed by atoms with van der Waals surface area (Å²) in [7, 11) is 3.89. The number of aryl methyl sites for hydroxylation is 1. The molecule has 1 aromatic carbocycles. The Morgan fingerprint density at radius 1 is 1.42 bits per heavy atom. The van der Waals surface area contributed by atoms with Crippen molar-refractivity contribution in [2.24, 2.45) is 0 Å². The first-order chi connectivity index (χ1) is 9.01. The monoisotopic (exact) mass is 261 g/mol. The van der Waals surface area contributed by atoms with Gasteiger partial charge in [0.1, 0.15) is 12.4 Å². The molecule has 0 unspecified atom stereocenters. The number of hydrogen-bond acceptors (Lipinski definition) is 3. The van der Waals surface area contributed by atoms with Gasteiger partial charge in [0, 0.05) is 0 Å². The highest BCUT2D eigenvalue weighted by molar-refractivity contribution is 5.79. The van der Waals surface area contributed by atoms with Crippen molar-refractivity contribution in [3.05, 3.63) is 29.6 Å². The minimum absolute atomic E-state index is 0.0505. The molecular formula is C14H19N3O2. The number of carboxylic acids is 1. The summed E-state index contributed by atoms with van der Waals surface area (Å²) < 4.78 is 1.77. The first-order valence-corrected chi connectivity index (χ1v) is 6.35. The van der Waals surface area contributed by atoms with Crippen molar-refractivity contribution >= 4 is 17.0 Å². The Morgan fingerprint density at radius 2 is 2.16 bits per heavy atom. The lowest BCUT2D eigenvalue weighted by Crippen LogP contribution is -2.18.